The molecule has 1 fully saturated rings. The lowest BCUT2D eigenvalue weighted by atomic mass is 10.2. The summed E-state index contributed by atoms with van der Waals surface area (Å²) in [4.78, 5) is 13.7. The Labute approximate surface area is 116 Å². The van der Waals surface area contributed by atoms with Crippen molar-refractivity contribution >= 4 is 17.7 Å². The second kappa shape index (κ2) is 6.91. The van der Waals surface area contributed by atoms with Crippen LogP contribution in [-0.2, 0) is 0 Å². The first-order valence-electron chi connectivity index (χ1n) is 6.55. The molecule has 0 spiro atoms. The van der Waals surface area contributed by atoms with Crippen molar-refractivity contribution in [3.8, 4) is 0 Å². The van der Waals surface area contributed by atoms with Gasteiger partial charge in [-0.15, -0.1) is 11.8 Å². The second-order valence-corrected chi connectivity index (χ2v) is 5.84. The predicted octanol–water partition coefficient (Wildman–Crippen LogP) is 3.10. The van der Waals surface area contributed by atoms with Crippen LogP contribution in [0.1, 0.15) is 29.6 Å². The molecule has 0 amide bonds. The highest BCUT2D eigenvalue weighted by Gasteiger charge is 2.11. The van der Waals surface area contributed by atoms with Crippen LogP contribution in [0.3, 0.4) is 0 Å². The number of likely N-dealkylation sites (tertiary alicyclic amines) is 1. The third-order valence-electron chi connectivity index (χ3n) is 3.25. The number of rotatable bonds is 6. The molecule has 104 valence electrons. The minimum atomic E-state index is -1.01. The van der Waals surface area contributed by atoms with Crippen LogP contribution in [0.25, 0.3) is 0 Å². The zero-order chi connectivity index (χ0) is 13.7. The SMILES string of the molecule is O=C(O)c1ccc(F)c(SCCCN2CCCC2)c1. The van der Waals surface area contributed by atoms with Crippen LogP contribution in [-0.4, -0.2) is 41.4 Å². The van der Waals surface area contributed by atoms with Crippen LogP contribution in [0.4, 0.5) is 4.39 Å². The fourth-order valence-electron chi connectivity index (χ4n) is 2.22. The summed E-state index contributed by atoms with van der Waals surface area (Å²) in [7, 11) is 0. The molecule has 3 nitrogen and oxygen atoms in total. The van der Waals surface area contributed by atoms with Crippen LogP contribution in [0.2, 0.25) is 0 Å². The fourth-order valence-corrected chi connectivity index (χ4v) is 3.13. The van der Waals surface area contributed by atoms with Crippen molar-refractivity contribution < 1.29 is 14.3 Å². The Kier molecular flexibility index (Phi) is 5.22. The molecule has 0 radical (unpaired) electrons. The van der Waals surface area contributed by atoms with Gasteiger partial charge in [0, 0.05) is 4.90 Å². The summed E-state index contributed by atoms with van der Waals surface area (Å²) in [5.74, 6) is -0.536. The number of nitrogens with zero attached hydrogens (tertiary/aromatic N) is 1. The third-order valence-corrected chi connectivity index (χ3v) is 4.37. The van der Waals surface area contributed by atoms with E-state index in [2.05, 4.69) is 4.90 Å². The maximum absolute atomic E-state index is 13.5. The van der Waals surface area contributed by atoms with Gasteiger partial charge >= 0.3 is 5.97 Å². The van der Waals surface area contributed by atoms with E-state index in [4.69, 9.17) is 5.11 Å². The number of thioether (sulfide) groups is 1. The first-order chi connectivity index (χ1) is 9.16. The molecular formula is C14H18FNO2S. The number of carboxylic acid groups (broad SMARTS) is 1. The molecule has 1 saturated heterocycles. The Morgan fingerprint density at radius 1 is 1.37 bits per heavy atom. The van der Waals surface area contributed by atoms with Crippen molar-refractivity contribution in [1.29, 1.82) is 0 Å². The van der Waals surface area contributed by atoms with E-state index in [0.29, 0.717) is 4.90 Å². The molecule has 1 heterocycles. The average molecular weight is 283 g/mol. The Morgan fingerprint density at radius 3 is 2.79 bits per heavy atom. The lowest BCUT2D eigenvalue weighted by Crippen LogP contribution is -2.20. The number of carboxylic acids is 1. The lowest BCUT2D eigenvalue weighted by molar-refractivity contribution is 0.0696. The number of halogens is 1. The molecule has 1 aromatic carbocycles. The molecule has 2 rings (SSSR count). The summed E-state index contributed by atoms with van der Waals surface area (Å²) in [6.45, 7) is 3.40. The summed E-state index contributed by atoms with van der Waals surface area (Å²) >= 11 is 1.40. The Hall–Kier alpha value is -1.07. The molecule has 0 aliphatic carbocycles. The smallest absolute Gasteiger partial charge is 0.335 e. The summed E-state index contributed by atoms with van der Waals surface area (Å²) in [6.07, 6.45) is 3.56. The second-order valence-electron chi connectivity index (χ2n) is 4.70. The average Bonchev–Trinajstić information content (AvgIpc) is 2.89. The summed E-state index contributed by atoms with van der Waals surface area (Å²) in [5, 5.41) is 8.88. The van der Waals surface area contributed by atoms with Crippen molar-refractivity contribution in [1.82, 2.24) is 4.90 Å². The standard InChI is InChI=1S/C14H18FNO2S/c15-12-5-4-11(14(17)18)10-13(12)19-9-3-8-16-6-1-2-7-16/h4-5,10H,1-3,6-9H2,(H,17,18). The van der Waals surface area contributed by atoms with Crippen molar-refractivity contribution in [2.75, 3.05) is 25.4 Å². The highest BCUT2D eigenvalue weighted by Crippen LogP contribution is 2.24. The van der Waals surface area contributed by atoms with E-state index < -0.39 is 5.97 Å². The van der Waals surface area contributed by atoms with E-state index in [0.717, 1.165) is 18.7 Å². The van der Waals surface area contributed by atoms with Gasteiger partial charge in [0.1, 0.15) is 5.82 Å². The van der Waals surface area contributed by atoms with Crippen molar-refractivity contribution in [2.45, 2.75) is 24.2 Å². The monoisotopic (exact) mass is 283 g/mol. The van der Waals surface area contributed by atoms with E-state index >= 15 is 0 Å². The van der Waals surface area contributed by atoms with E-state index in [1.165, 1.54) is 55.9 Å². The molecule has 0 bridgehead atoms. The lowest BCUT2D eigenvalue weighted by Gasteiger charge is -2.13. The molecule has 5 heteroatoms. The highest BCUT2D eigenvalue weighted by molar-refractivity contribution is 7.99. The number of hydrogen-bond acceptors (Lipinski definition) is 3. The van der Waals surface area contributed by atoms with Gasteiger partial charge in [-0.25, -0.2) is 9.18 Å². The molecule has 1 aliphatic rings. The van der Waals surface area contributed by atoms with Gasteiger partial charge in [-0.05, 0) is 62.8 Å². The van der Waals surface area contributed by atoms with Crippen molar-refractivity contribution in [3.63, 3.8) is 0 Å². The zero-order valence-electron chi connectivity index (χ0n) is 10.8. The first kappa shape index (κ1) is 14.3. The van der Waals surface area contributed by atoms with Crippen molar-refractivity contribution in [2.24, 2.45) is 0 Å². The molecule has 1 aliphatic heterocycles. The Balaban J connectivity index is 1.81. The molecule has 0 aromatic heterocycles. The third kappa shape index (κ3) is 4.21. The molecule has 1 aromatic rings. The van der Waals surface area contributed by atoms with Gasteiger partial charge in [0.25, 0.3) is 0 Å². The van der Waals surface area contributed by atoms with Crippen LogP contribution in [0, 0.1) is 5.82 Å². The van der Waals surface area contributed by atoms with E-state index in [1.807, 2.05) is 0 Å². The van der Waals surface area contributed by atoms with Crippen LogP contribution in [0.5, 0.6) is 0 Å². The van der Waals surface area contributed by atoms with Crippen LogP contribution >= 0.6 is 11.8 Å². The van der Waals surface area contributed by atoms with E-state index in [-0.39, 0.29) is 11.4 Å². The van der Waals surface area contributed by atoms with Gasteiger partial charge in [0.05, 0.1) is 5.56 Å². The maximum Gasteiger partial charge on any atom is 0.335 e. The fraction of sp³-hybridized carbons (Fsp3) is 0.500. The summed E-state index contributed by atoms with van der Waals surface area (Å²) in [6, 6.07) is 3.94. The number of benzene rings is 1. The van der Waals surface area contributed by atoms with Gasteiger partial charge in [0.15, 0.2) is 0 Å². The van der Waals surface area contributed by atoms with Gasteiger partial charge in [0.2, 0.25) is 0 Å². The molecule has 0 saturated carbocycles. The van der Waals surface area contributed by atoms with Gasteiger partial charge in [-0.1, -0.05) is 0 Å². The maximum atomic E-state index is 13.5. The largest absolute Gasteiger partial charge is 0.478 e. The van der Waals surface area contributed by atoms with Gasteiger partial charge < -0.3 is 10.0 Å². The molecule has 19 heavy (non-hydrogen) atoms. The van der Waals surface area contributed by atoms with Gasteiger partial charge in [-0.3, -0.25) is 0 Å². The normalized spacial score (nSPS) is 15.8. The van der Waals surface area contributed by atoms with Crippen LogP contribution in [0.15, 0.2) is 23.1 Å². The van der Waals surface area contributed by atoms with E-state index in [1.54, 1.807) is 0 Å². The minimum Gasteiger partial charge on any atom is -0.478 e. The molecule has 0 unspecified atom stereocenters. The van der Waals surface area contributed by atoms with Gasteiger partial charge in [-0.2, -0.15) is 0 Å². The molecule has 1 N–H and O–H groups in total. The predicted molar refractivity (Wildman–Crippen MR) is 74.4 cm³/mol. The Bertz CT molecular complexity index is 447. The van der Waals surface area contributed by atoms with Crippen LogP contribution < -0.4 is 0 Å². The van der Waals surface area contributed by atoms with E-state index in [9.17, 15) is 9.18 Å². The minimum absolute atomic E-state index is 0.142. The topological polar surface area (TPSA) is 40.5 Å². The number of hydrogen-bond donors (Lipinski definition) is 1. The Morgan fingerprint density at radius 2 is 2.11 bits per heavy atom. The first-order valence-corrected chi connectivity index (χ1v) is 7.53. The quantitative estimate of drug-likeness (QED) is 0.643. The molecular weight excluding hydrogens is 265 g/mol. The summed E-state index contributed by atoms with van der Waals surface area (Å²) < 4.78 is 13.5. The summed E-state index contributed by atoms with van der Waals surface area (Å²) in [5.41, 5.74) is 0.142. The highest BCUT2D eigenvalue weighted by atomic mass is 32.2. The molecule has 0 atom stereocenters. The number of carbonyl (C=O) groups is 1. The van der Waals surface area contributed by atoms with Crippen molar-refractivity contribution in [3.05, 3.63) is 29.6 Å². The zero-order valence-corrected chi connectivity index (χ0v) is 11.6. The number of aromatic carboxylic acids is 1.